The quantitative estimate of drug-likeness (QED) is 0.0721. The van der Waals surface area contributed by atoms with Crippen molar-refractivity contribution in [1.82, 2.24) is 10.6 Å². The van der Waals surface area contributed by atoms with Crippen LogP contribution in [0.1, 0.15) is 32.1 Å². The van der Waals surface area contributed by atoms with Gasteiger partial charge >= 0.3 is 5.97 Å². The maximum absolute atomic E-state index is 12.3. The molecule has 0 spiro atoms. The smallest absolute Gasteiger partial charge is 0.326 e. The van der Waals surface area contributed by atoms with Gasteiger partial charge in [0.2, 0.25) is 11.8 Å². The largest absolute Gasteiger partial charge is 0.480 e. The van der Waals surface area contributed by atoms with Crippen LogP contribution in [0, 0.1) is 0 Å². The molecule has 0 aromatic carbocycles. The summed E-state index contributed by atoms with van der Waals surface area (Å²) in [5.74, 6) is -2.32. The molecule has 0 saturated heterocycles. The predicted molar refractivity (Wildman–Crippen MR) is 93.4 cm³/mol. The topological polar surface area (TPSA) is 212 Å². The minimum Gasteiger partial charge on any atom is -0.480 e. The van der Waals surface area contributed by atoms with Gasteiger partial charge < -0.3 is 38.7 Å². The van der Waals surface area contributed by atoms with Crippen molar-refractivity contribution in [2.45, 2.75) is 44.2 Å². The molecular weight excluding hydrogens is 385 g/mol. The van der Waals surface area contributed by atoms with Gasteiger partial charge in [-0.25, -0.2) is 4.79 Å². The van der Waals surface area contributed by atoms with Gasteiger partial charge in [-0.1, -0.05) is 0 Å². The average Bonchev–Trinajstić information content (AvgIpc) is 2.55. The number of hydrogen-bond donors (Lipinski definition) is 7. The van der Waals surface area contributed by atoms with E-state index in [-0.39, 0.29) is 49.0 Å². The molecular formula is C14H29MnN7O4. The van der Waals surface area contributed by atoms with Gasteiger partial charge in [0.25, 0.3) is 0 Å². The first kappa shape index (κ1) is 26.3. The molecule has 26 heavy (non-hydrogen) atoms. The number of carboxylic acid groups (broad SMARTS) is 1. The zero-order chi connectivity index (χ0) is 19.2. The molecule has 0 aliphatic carbocycles. The second kappa shape index (κ2) is 15.4. The summed E-state index contributed by atoms with van der Waals surface area (Å²) in [7, 11) is 0. The van der Waals surface area contributed by atoms with E-state index in [0.29, 0.717) is 25.8 Å². The molecule has 12 heteroatoms. The van der Waals surface area contributed by atoms with Crippen molar-refractivity contribution in [3.8, 4) is 0 Å². The van der Waals surface area contributed by atoms with E-state index >= 15 is 0 Å². The molecule has 2 unspecified atom stereocenters. The SMILES string of the molecule is NCCCCC(NC(=O)C(CCCN=C(N)N)NC(=O)CN)C(=O)O.[Mn]. The number of carbonyl (C=O) groups excluding carboxylic acids is 2. The molecule has 0 rings (SSSR count). The maximum Gasteiger partial charge on any atom is 0.326 e. The fourth-order valence-corrected chi connectivity index (χ4v) is 2.05. The van der Waals surface area contributed by atoms with Crippen LogP contribution in [0.2, 0.25) is 0 Å². The van der Waals surface area contributed by atoms with Crippen molar-refractivity contribution in [2.24, 2.45) is 27.9 Å². The van der Waals surface area contributed by atoms with Crippen molar-refractivity contribution in [3.63, 3.8) is 0 Å². The number of nitrogens with one attached hydrogen (secondary N) is 2. The molecule has 11 N–H and O–H groups in total. The second-order valence-corrected chi connectivity index (χ2v) is 5.46. The number of guanidine groups is 1. The molecule has 0 bridgehead atoms. The number of nitrogens with zero attached hydrogens (tertiary/aromatic N) is 1. The van der Waals surface area contributed by atoms with Crippen LogP contribution in [0.5, 0.6) is 0 Å². The Morgan fingerprint density at radius 1 is 0.962 bits per heavy atom. The summed E-state index contributed by atoms with van der Waals surface area (Å²) in [4.78, 5) is 38.9. The number of amides is 2. The number of rotatable bonds is 13. The summed E-state index contributed by atoms with van der Waals surface area (Å²) in [5.41, 5.74) is 21.1. The minimum absolute atomic E-state index is 0. The predicted octanol–water partition coefficient (Wildman–Crippen LogP) is -2.82. The third-order valence-electron chi connectivity index (χ3n) is 3.34. The van der Waals surface area contributed by atoms with E-state index in [2.05, 4.69) is 15.6 Å². The van der Waals surface area contributed by atoms with Gasteiger partial charge in [-0.05, 0) is 38.6 Å². The Bertz CT molecular complexity index is 472. The number of aliphatic imine (C=N–C) groups is 1. The maximum atomic E-state index is 12.3. The summed E-state index contributed by atoms with van der Waals surface area (Å²) >= 11 is 0. The Labute approximate surface area is 163 Å². The monoisotopic (exact) mass is 414 g/mol. The van der Waals surface area contributed by atoms with Gasteiger partial charge in [0.1, 0.15) is 12.1 Å². The standard InChI is InChI=1S/C14H29N7O4.Mn/c15-6-2-1-4-10(13(24)25)21-12(23)9(20-11(22)8-16)5-3-7-19-14(17)18;/h9-10H,1-8,15-16H2,(H,20,22)(H,21,23)(H,24,25)(H4,17,18,19);. The molecule has 151 valence electrons. The number of nitrogens with two attached hydrogens (primary N) is 4. The summed E-state index contributed by atoms with van der Waals surface area (Å²) in [6.45, 7) is 0.445. The molecule has 0 fully saturated rings. The minimum atomic E-state index is -1.14. The van der Waals surface area contributed by atoms with Crippen LogP contribution in [-0.4, -0.2) is 60.6 Å². The number of carbonyl (C=O) groups is 3. The van der Waals surface area contributed by atoms with Gasteiger partial charge in [-0.2, -0.15) is 0 Å². The zero-order valence-electron chi connectivity index (χ0n) is 14.6. The van der Waals surface area contributed by atoms with Crippen molar-refractivity contribution in [3.05, 3.63) is 0 Å². The third-order valence-corrected chi connectivity index (χ3v) is 3.34. The Hall–Kier alpha value is -1.88. The van der Waals surface area contributed by atoms with Crippen LogP contribution in [-0.2, 0) is 31.5 Å². The van der Waals surface area contributed by atoms with Gasteiger partial charge in [-0.3, -0.25) is 14.6 Å². The fraction of sp³-hybridized carbons (Fsp3) is 0.714. The van der Waals surface area contributed by atoms with Gasteiger partial charge in [0.05, 0.1) is 6.54 Å². The molecule has 2 atom stereocenters. The van der Waals surface area contributed by atoms with E-state index in [1.807, 2.05) is 0 Å². The van der Waals surface area contributed by atoms with Crippen molar-refractivity contribution >= 4 is 23.7 Å². The van der Waals surface area contributed by atoms with E-state index < -0.39 is 29.9 Å². The number of unbranched alkanes of at least 4 members (excludes halogenated alkanes) is 1. The van der Waals surface area contributed by atoms with E-state index in [1.165, 1.54) is 0 Å². The number of hydrogen-bond acceptors (Lipinski definition) is 6. The van der Waals surface area contributed by atoms with Gasteiger partial charge in [0.15, 0.2) is 5.96 Å². The molecule has 11 nitrogen and oxygen atoms in total. The molecule has 1 radical (unpaired) electrons. The summed E-state index contributed by atoms with van der Waals surface area (Å²) in [5, 5.41) is 14.1. The molecule has 0 aromatic heterocycles. The molecule has 0 aromatic rings. The Morgan fingerprint density at radius 3 is 2.08 bits per heavy atom. The first-order chi connectivity index (χ1) is 11.8. The van der Waals surface area contributed by atoms with Gasteiger partial charge in [0, 0.05) is 23.6 Å². The van der Waals surface area contributed by atoms with Crippen LogP contribution in [0.15, 0.2) is 4.99 Å². The summed E-state index contributed by atoms with van der Waals surface area (Å²) in [6, 6.07) is -1.96. The van der Waals surface area contributed by atoms with Gasteiger partial charge in [-0.15, -0.1) is 0 Å². The van der Waals surface area contributed by atoms with Crippen LogP contribution < -0.4 is 33.6 Å². The Morgan fingerprint density at radius 2 is 1.58 bits per heavy atom. The van der Waals surface area contributed by atoms with Crippen LogP contribution >= 0.6 is 0 Å². The second-order valence-electron chi connectivity index (χ2n) is 5.46. The van der Waals surface area contributed by atoms with Crippen molar-refractivity contribution in [1.29, 1.82) is 0 Å². The van der Waals surface area contributed by atoms with Crippen LogP contribution in [0.25, 0.3) is 0 Å². The van der Waals surface area contributed by atoms with E-state index in [4.69, 9.17) is 22.9 Å². The number of aliphatic carboxylic acids is 1. The van der Waals surface area contributed by atoms with E-state index in [9.17, 15) is 19.5 Å². The average molecular weight is 414 g/mol. The van der Waals surface area contributed by atoms with E-state index in [1.54, 1.807) is 0 Å². The van der Waals surface area contributed by atoms with Crippen LogP contribution in [0.4, 0.5) is 0 Å². The first-order valence-corrected chi connectivity index (χ1v) is 8.09. The molecule has 0 saturated carbocycles. The third kappa shape index (κ3) is 12.5. The zero-order valence-corrected chi connectivity index (χ0v) is 15.8. The fourth-order valence-electron chi connectivity index (χ4n) is 2.05. The normalized spacial score (nSPS) is 12.2. The first-order valence-electron chi connectivity index (χ1n) is 8.09. The van der Waals surface area contributed by atoms with Crippen LogP contribution in [0.3, 0.4) is 0 Å². The Kier molecular flexibility index (Phi) is 15.6. The summed E-state index contributed by atoms with van der Waals surface area (Å²) < 4.78 is 0. The molecule has 0 aliphatic rings. The number of carboxylic acids is 1. The van der Waals surface area contributed by atoms with E-state index in [0.717, 1.165) is 0 Å². The summed E-state index contributed by atoms with van der Waals surface area (Å²) in [6.07, 6.45) is 2.14. The molecule has 0 aliphatic heterocycles. The molecule has 2 amide bonds. The van der Waals surface area contributed by atoms with Crippen molar-refractivity contribution in [2.75, 3.05) is 19.6 Å². The molecule has 0 heterocycles. The Balaban J connectivity index is 0. The van der Waals surface area contributed by atoms with Crippen molar-refractivity contribution < 1.29 is 36.6 Å².